The SMILES string of the molecule is COC(=O)c1cncc(N(C)CCS(C)(=O)=O)n1. The Morgan fingerprint density at radius 1 is 1.44 bits per heavy atom. The van der Waals surface area contributed by atoms with Crippen LogP contribution in [0.2, 0.25) is 0 Å². The number of rotatable bonds is 5. The van der Waals surface area contributed by atoms with Gasteiger partial charge in [-0.15, -0.1) is 0 Å². The Kier molecular flexibility index (Phi) is 4.60. The van der Waals surface area contributed by atoms with Crippen LogP contribution in [0.4, 0.5) is 5.82 Å². The minimum Gasteiger partial charge on any atom is -0.464 e. The van der Waals surface area contributed by atoms with Crippen molar-refractivity contribution >= 4 is 21.6 Å². The van der Waals surface area contributed by atoms with Crippen molar-refractivity contribution in [1.82, 2.24) is 9.97 Å². The summed E-state index contributed by atoms with van der Waals surface area (Å²) in [6.45, 7) is 0.276. The number of esters is 1. The maximum Gasteiger partial charge on any atom is 0.358 e. The lowest BCUT2D eigenvalue weighted by Gasteiger charge is -2.17. The number of carbonyl (C=O) groups excluding carboxylic acids is 1. The van der Waals surface area contributed by atoms with E-state index in [4.69, 9.17) is 0 Å². The van der Waals surface area contributed by atoms with Gasteiger partial charge in [0.05, 0.1) is 25.3 Å². The Balaban J connectivity index is 2.80. The number of carbonyl (C=O) groups is 1. The van der Waals surface area contributed by atoms with E-state index in [1.165, 1.54) is 19.5 Å². The van der Waals surface area contributed by atoms with E-state index in [0.717, 1.165) is 6.26 Å². The van der Waals surface area contributed by atoms with Crippen molar-refractivity contribution in [2.45, 2.75) is 0 Å². The first-order valence-electron chi connectivity index (χ1n) is 5.12. The van der Waals surface area contributed by atoms with Crippen LogP contribution < -0.4 is 4.90 Å². The Morgan fingerprint density at radius 3 is 2.67 bits per heavy atom. The largest absolute Gasteiger partial charge is 0.464 e. The summed E-state index contributed by atoms with van der Waals surface area (Å²) in [4.78, 5) is 20.8. The summed E-state index contributed by atoms with van der Waals surface area (Å²) in [7, 11) is -0.109. The van der Waals surface area contributed by atoms with Crippen LogP contribution in [-0.4, -0.2) is 57.1 Å². The first-order chi connectivity index (χ1) is 8.33. The molecule has 0 aliphatic carbocycles. The van der Waals surface area contributed by atoms with E-state index in [9.17, 15) is 13.2 Å². The Morgan fingerprint density at radius 2 is 2.11 bits per heavy atom. The monoisotopic (exact) mass is 273 g/mol. The smallest absolute Gasteiger partial charge is 0.358 e. The molecule has 18 heavy (non-hydrogen) atoms. The zero-order valence-electron chi connectivity index (χ0n) is 10.5. The third-order valence-electron chi connectivity index (χ3n) is 2.20. The molecular formula is C10H15N3O4S. The summed E-state index contributed by atoms with van der Waals surface area (Å²) in [5.74, 6) is -0.157. The molecule has 0 bridgehead atoms. The maximum absolute atomic E-state index is 11.3. The summed E-state index contributed by atoms with van der Waals surface area (Å²) in [5.41, 5.74) is 0.0844. The number of methoxy groups -OCH3 is 1. The molecule has 0 aromatic carbocycles. The number of hydrogen-bond acceptors (Lipinski definition) is 7. The lowest BCUT2D eigenvalue weighted by atomic mass is 10.4. The van der Waals surface area contributed by atoms with Gasteiger partial charge in [0, 0.05) is 19.8 Å². The molecule has 0 saturated carbocycles. The van der Waals surface area contributed by atoms with Gasteiger partial charge >= 0.3 is 5.97 Å². The highest BCUT2D eigenvalue weighted by molar-refractivity contribution is 7.90. The zero-order chi connectivity index (χ0) is 13.8. The van der Waals surface area contributed by atoms with Crippen LogP contribution in [0.25, 0.3) is 0 Å². The van der Waals surface area contributed by atoms with Crippen LogP contribution in [0.15, 0.2) is 12.4 Å². The summed E-state index contributed by atoms with van der Waals surface area (Å²) in [5, 5.41) is 0. The molecule has 0 N–H and O–H groups in total. The molecule has 1 aromatic heterocycles. The molecule has 0 saturated heterocycles. The highest BCUT2D eigenvalue weighted by Gasteiger charge is 2.12. The first-order valence-corrected chi connectivity index (χ1v) is 7.19. The number of nitrogens with zero attached hydrogens (tertiary/aromatic N) is 3. The molecule has 1 rings (SSSR count). The predicted molar refractivity (Wildman–Crippen MR) is 66.4 cm³/mol. The Hall–Kier alpha value is -1.70. The van der Waals surface area contributed by atoms with Crippen LogP contribution >= 0.6 is 0 Å². The number of anilines is 1. The predicted octanol–water partition coefficient (Wildman–Crippen LogP) is -0.256. The molecular weight excluding hydrogens is 258 g/mol. The molecule has 0 unspecified atom stereocenters. The van der Waals surface area contributed by atoms with E-state index in [1.807, 2.05) is 0 Å². The van der Waals surface area contributed by atoms with Gasteiger partial charge in [-0.1, -0.05) is 0 Å². The van der Waals surface area contributed by atoms with Crippen molar-refractivity contribution in [3.05, 3.63) is 18.1 Å². The molecule has 8 heteroatoms. The highest BCUT2D eigenvalue weighted by atomic mass is 32.2. The van der Waals surface area contributed by atoms with Gasteiger partial charge in [0.25, 0.3) is 0 Å². The lowest BCUT2D eigenvalue weighted by molar-refractivity contribution is 0.0593. The standard InChI is InChI=1S/C10H15N3O4S/c1-13(4-5-18(3,15)16)9-7-11-6-8(12-9)10(14)17-2/h6-7H,4-5H2,1-3H3. The fourth-order valence-corrected chi connectivity index (χ4v) is 1.77. The van der Waals surface area contributed by atoms with E-state index in [-0.39, 0.29) is 18.0 Å². The minimum absolute atomic E-state index is 0.00757. The average molecular weight is 273 g/mol. The third kappa shape index (κ3) is 4.28. The summed E-state index contributed by atoms with van der Waals surface area (Å²) >= 11 is 0. The first kappa shape index (κ1) is 14.4. The van der Waals surface area contributed by atoms with E-state index < -0.39 is 15.8 Å². The van der Waals surface area contributed by atoms with Crippen LogP contribution in [0.5, 0.6) is 0 Å². The highest BCUT2D eigenvalue weighted by Crippen LogP contribution is 2.08. The topological polar surface area (TPSA) is 89.5 Å². The Bertz CT molecular complexity index is 530. The van der Waals surface area contributed by atoms with Gasteiger partial charge < -0.3 is 9.64 Å². The molecule has 1 aromatic rings. The van der Waals surface area contributed by atoms with Crippen molar-refractivity contribution in [1.29, 1.82) is 0 Å². The molecule has 0 radical (unpaired) electrons. The van der Waals surface area contributed by atoms with E-state index >= 15 is 0 Å². The fraction of sp³-hybridized carbons (Fsp3) is 0.500. The summed E-state index contributed by atoms with van der Waals surface area (Å²) in [6, 6.07) is 0. The number of hydrogen-bond donors (Lipinski definition) is 0. The number of aromatic nitrogens is 2. The summed E-state index contributed by atoms with van der Waals surface area (Å²) < 4.78 is 26.6. The second-order valence-corrected chi connectivity index (χ2v) is 6.07. The molecule has 1 heterocycles. The Labute approximate surface area is 106 Å². The van der Waals surface area contributed by atoms with Gasteiger partial charge in [-0.05, 0) is 0 Å². The number of sulfone groups is 1. The van der Waals surface area contributed by atoms with E-state index in [1.54, 1.807) is 11.9 Å². The van der Waals surface area contributed by atoms with Crippen molar-refractivity contribution in [2.24, 2.45) is 0 Å². The molecule has 0 amide bonds. The second-order valence-electron chi connectivity index (χ2n) is 3.81. The fourth-order valence-electron chi connectivity index (χ4n) is 1.16. The number of ether oxygens (including phenoxy) is 1. The molecule has 0 aliphatic rings. The van der Waals surface area contributed by atoms with Crippen LogP contribution in [0.3, 0.4) is 0 Å². The van der Waals surface area contributed by atoms with E-state index in [0.29, 0.717) is 5.82 Å². The molecule has 0 spiro atoms. The average Bonchev–Trinajstić information content (AvgIpc) is 2.34. The molecule has 100 valence electrons. The third-order valence-corrected chi connectivity index (χ3v) is 3.13. The van der Waals surface area contributed by atoms with Gasteiger partial charge in [-0.2, -0.15) is 0 Å². The van der Waals surface area contributed by atoms with Gasteiger partial charge in [0.2, 0.25) is 0 Å². The van der Waals surface area contributed by atoms with Gasteiger partial charge in [0.15, 0.2) is 5.69 Å². The van der Waals surface area contributed by atoms with Crippen molar-refractivity contribution in [2.75, 3.05) is 37.6 Å². The minimum atomic E-state index is -3.04. The van der Waals surface area contributed by atoms with Crippen LogP contribution in [0.1, 0.15) is 10.5 Å². The van der Waals surface area contributed by atoms with Gasteiger partial charge in [-0.25, -0.2) is 18.2 Å². The zero-order valence-corrected chi connectivity index (χ0v) is 11.3. The van der Waals surface area contributed by atoms with Crippen molar-refractivity contribution < 1.29 is 17.9 Å². The summed E-state index contributed by atoms with van der Waals surface area (Å²) in [6.07, 6.45) is 3.91. The van der Waals surface area contributed by atoms with Crippen molar-refractivity contribution in [3.8, 4) is 0 Å². The lowest BCUT2D eigenvalue weighted by Crippen LogP contribution is -2.26. The maximum atomic E-state index is 11.3. The molecule has 7 nitrogen and oxygen atoms in total. The van der Waals surface area contributed by atoms with E-state index in [2.05, 4.69) is 14.7 Å². The normalized spacial score (nSPS) is 11.1. The van der Waals surface area contributed by atoms with Crippen LogP contribution in [0, 0.1) is 0 Å². The molecule has 0 fully saturated rings. The van der Waals surface area contributed by atoms with Gasteiger partial charge in [-0.3, -0.25) is 4.98 Å². The van der Waals surface area contributed by atoms with Gasteiger partial charge in [0.1, 0.15) is 15.7 Å². The molecule has 0 atom stereocenters. The molecule has 0 aliphatic heterocycles. The van der Waals surface area contributed by atoms with Crippen molar-refractivity contribution in [3.63, 3.8) is 0 Å². The van der Waals surface area contributed by atoms with Crippen LogP contribution in [-0.2, 0) is 14.6 Å². The quantitative estimate of drug-likeness (QED) is 0.683. The second kappa shape index (κ2) is 5.76.